The smallest absolute Gasteiger partial charge is 0.305 e. The second-order valence-corrected chi connectivity index (χ2v) is 6.20. The number of carboxylic acids is 1. The number of rotatable bonds is 7. The van der Waals surface area contributed by atoms with Crippen molar-refractivity contribution < 1.29 is 14.7 Å². The van der Waals surface area contributed by atoms with Crippen LogP contribution in [-0.2, 0) is 4.79 Å². The summed E-state index contributed by atoms with van der Waals surface area (Å²) in [5, 5.41) is 13.3. The highest BCUT2D eigenvalue weighted by Crippen LogP contribution is 2.15. The topological polar surface area (TPSA) is 75.4 Å². The third-order valence-corrected chi connectivity index (χ3v) is 3.62. The van der Waals surface area contributed by atoms with Crippen molar-refractivity contribution in [2.45, 2.75) is 27.2 Å². The van der Waals surface area contributed by atoms with E-state index in [0.29, 0.717) is 17.8 Å². The van der Waals surface area contributed by atoms with Crippen LogP contribution in [0.1, 0.15) is 36.3 Å². The Labute approximate surface area is 141 Å². The Morgan fingerprint density at radius 3 is 2.50 bits per heavy atom. The van der Waals surface area contributed by atoms with E-state index in [1.54, 1.807) is 22.7 Å². The number of hydrogen-bond donors (Lipinski definition) is 1. The molecule has 0 unspecified atom stereocenters. The minimum absolute atomic E-state index is 0.0651. The summed E-state index contributed by atoms with van der Waals surface area (Å²) in [6.45, 7) is 6.50. The summed E-state index contributed by atoms with van der Waals surface area (Å²) in [5.41, 5.74) is 2.01. The molecular formula is C18H23N3O3. The van der Waals surface area contributed by atoms with Gasteiger partial charge in [-0.1, -0.05) is 32.0 Å². The molecule has 1 aromatic carbocycles. The molecule has 2 rings (SSSR count). The first-order chi connectivity index (χ1) is 11.4. The zero-order valence-electron chi connectivity index (χ0n) is 14.3. The quantitative estimate of drug-likeness (QED) is 0.847. The van der Waals surface area contributed by atoms with Gasteiger partial charge in [-0.25, -0.2) is 4.68 Å². The number of aliphatic carboxylic acids is 1. The van der Waals surface area contributed by atoms with Crippen molar-refractivity contribution in [1.29, 1.82) is 0 Å². The zero-order chi connectivity index (χ0) is 17.7. The zero-order valence-corrected chi connectivity index (χ0v) is 14.3. The number of carbonyl (C=O) groups excluding carboxylic acids is 1. The van der Waals surface area contributed by atoms with Gasteiger partial charge in [-0.3, -0.25) is 9.59 Å². The highest BCUT2D eigenvalue weighted by atomic mass is 16.4. The van der Waals surface area contributed by atoms with Gasteiger partial charge in [0.15, 0.2) is 0 Å². The number of carbonyl (C=O) groups is 2. The van der Waals surface area contributed by atoms with Gasteiger partial charge >= 0.3 is 5.97 Å². The largest absolute Gasteiger partial charge is 0.481 e. The van der Waals surface area contributed by atoms with Gasteiger partial charge < -0.3 is 10.0 Å². The Morgan fingerprint density at radius 1 is 1.25 bits per heavy atom. The van der Waals surface area contributed by atoms with Crippen molar-refractivity contribution >= 4 is 11.9 Å². The van der Waals surface area contributed by atoms with Crippen molar-refractivity contribution in [3.63, 3.8) is 0 Å². The van der Waals surface area contributed by atoms with E-state index in [1.165, 1.54) is 0 Å². The number of aryl methyl sites for hydroxylation is 1. The summed E-state index contributed by atoms with van der Waals surface area (Å²) < 4.78 is 1.67. The Hall–Kier alpha value is -2.63. The van der Waals surface area contributed by atoms with Gasteiger partial charge in [-0.15, -0.1) is 0 Å². The Bertz CT molecular complexity index is 708. The van der Waals surface area contributed by atoms with E-state index in [2.05, 4.69) is 5.10 Å². The minimum Gasteiger partial charge on any atom is -0.481 e. The third kappa shape index (κ3) is 4.44. The summed E-state index contributed by atoms with van der Waals surface area (Å²) >= 11 is 0. The van der Waals surface area contributed by atoms with E-state index in [0.717, 1.165) is 5.69 Å². The molecule has 0 radical (unpaired) electrons. The molecule has 0 aliphatic heterocycles. The number of nitrogens with zero attached hydrogens (tertiary/aromatic N) is 3. The lowest BCUT2D eigenvalue weighted by atomic mass is 10.1. The van der Waals surface area contributed by atoms with E-state index >= 15 is 0 Å². The van der Waals surface area contributed by atoms with Crippen LogP contribution in [0.25, 0.3) is 5.69 Å². The average Bonchev–Trinajstić information content (AvgIpc) is 2.93. The second-order valence-electron chi connectivity index (χ2n) is 6.20. The molecule has 0 saturated carbocycles. The number of aromatic nitrogens is 2. The van der Waals surface area contributed by atoms with Crippen molar-refractivity contribution in [3.8, 4) is 5.69 Å². The average molecular weight is 329 g/mol. The second kappa shape index (κ2) is 7.77. The number of para-hydroxylation sites is 1. The van der Waals surface area contributed by atoms with Crippen LogP contribution in [0.4, 0.5) is 0 Å². The van der Waals surface area contributed by atoms with E-state index in [1.807, 2.05) is 44.2 Å². The maximum absolute atomic E-state index is 12.8. The molecular weight excluding hydrogens is 306 g/mol. The standard InChI is InChI=1S/C18H23N3O3/c1-13(2)11-20(10-9-17(22)23)18(24)16-12-21(19-14(16)3)15-7-5-4-6-8-15/h4-8,12-13H,9-11H2,1-3H3,(H,22,23). The first kappa shape index (κ1) is 17.7. The van der Waals surface area contributed by atoms with Crippen LogP contribution in [0.3, 0.4) is 0 Å². The van der Waals surface area contributed by atoms with Crippen LogP contribution in [0.2, 0.25) is 0 Å². The fraction of sp³-hybridized carbons (Fsp3) is 0.389. The van der Waals surface area contributed by atoms with Crippen LogP contribution in [0.5, 0.6) is 0 Å². The van der Waals surface area contributed by atoms with Crippen molar-refractivity contribution in [2.24, 2.45) is 5.92 Å². The lowest BCUT2D eigenvalue weighted by Crippen LogP contribution is -2.36. The van der Waals surface area contributed by atoms with Gasteiger partial charge in [0.25, 0.3) is 5.91 Å². The maximum Gasteiger partial charge on any atom is 0.305 e. The molecule has 0 fully saturated rings. The number of hydrogen-bond acceptors (Lipinski definition) is 3. The molecule has 1 N–H and O–H groups in total. The first-order valence-corrected chi connectivity index (χ1v) is 8.01. The predicted molar refractivity (Wildman–Crippen MR) is 91.3 cm³/mol. The molecule has 0 saturated heterocycles. The normalized spacial score (nSPS) is 10.8. The molecule has 6 nitrogen and oxygen atoms in total. The van der Waals surface area contributed by atoms with Crippen LogP contribution in [0.15, 0.2) is 36.5 Å². The van der Waals surface area contributed by atoms with Gasteiger partial charge in [0.05, 0.1) is 23.4 Å². The summed E-state index contributed by atoms with van der Waals surface area (Å²) in [6, 6.07) is 9.56. The minimum atomic E-state index is -0.909. The fourth-order valence-electron chi connectivity index (χ4n) is 2.50. The van der Waals surface area contributed by atoms with E-state index in [9.17, 15) is 9.59 Å². The fourth-order valence-corrected chi connectivity index (χ4v) is 2.50. The number of amides is 1. The molecule has 6 heteroatoms. The summed E-state index contributed by atoms with van der Waals surface area (Å²) in [4.78, 5) is 25.3. The van der Waals surface area contributed by atoms with Crippen molar-refractivity contribution in [2.75, 3.05) is 13.1 Å². The Morgan fingerprint density at radius 2 is 1.92 bits per heavy atom. The molecule has 128 valence electrons. The number of benzene rings is 1. The molecule has 0 aliphatic carbocycles. The van der Waals surface area contributed by atoms with Gasteiger partial charge in [0, 0.05) is 19.3 Å². The SMILES string of the molecule is Cc1nn(-c2ccccc2)cc1C(=O)N(CCC(=O)O)CC(C)C. The summed E-state index contributed by atoms with van der Waals surface area (Å²) in [5.74, 6) is -0.829. The number of carboxylic acid groups (broad SMARTS) is 1. The van der Waals surface area contributed by atoms with Crippen LogP contribution in [0, 0.1) is 12.8 Å². The molecule has 0 atom stereocenters. The van der Waals surface area contributed by atoms with E-state index < -0.39 is 5.97 Å². The van der Waals surface area contributed by atoms with Gasteiger partial charge in [-0.05, 0) is 25.0 Å². The highest BCUT2D eigenvalue weighted by molar-refractivity contribution is 5.95. The van der Waals surface area contributed by atoms with Crippen molar-refractivity contribution in [1.82, 2.24) is 14.7 Å². The molecule has 0 bridgehead atoms. The van der Waals surface area contributed by atoms with Crippen LogP contribution >= 0.6 is 0 Å². The molecule has 1 aromatic heterocycles. The molecule has 1 heterocycles. The van der Waals surface area contributed by atoms with E-state index in [4.69, 9.17) is 5.11 Å². The lowest BCUT2D eigenvalue weighted by Gasteiger charge is -2.23. The van der Waals surface area contributed by atoms with Crippen LogP contribution < -0.4 is 0 Å². The highest BCUT2D eigenvalue weighted by Gasteiger charge is 2.22. The lowest BCUT2D eigenvalue weighted by molar-refractivity contribution is -0.137. The molecule has 0 aliphatic rings. The van der Waals surface area contributed by atoms with Crippen LogP contribution in [-0.4, -0.2) is 44.8 Å². The van der Waals surface area contributed by atoms with E-state index in [-0.39, 0.29) is 24.8 Å². The third-order valence-electron chi connectivity index (χ3n) is 3.62. The molecule has 0 spiro atoms. The van der Waals surface area contributed by atoms with Gasteiger partial charge in [0.2, 0.25) is 0 Å². The first-order valence-electron chi connectivity index (χ1n) is 8.01. The summed E-state index contributed by atoms with van der Waals surface area (Å²) in [7, 11) is 0. The molecule has 2 aromatic rings. The van der Waals surface area contributed by atoms with Gasteiger partial charge in [0.1, 0.15) is 0 Å². The molecule has 1 amide bonds. The summed E-state index contributed by atoms with van der Waals surface area (Å²) in [6.07, 6.45) is 1.64. The maximum atomic E-state index is 12.8. The Balaban J connectivity index is 2.25. The van der Waals surface area contributed by atoms with Crippen molar-refractivity contribution in [3.05, 3.63) is 47.8 Å². The van der Waals surface area contributed by atoms with Gasteiger partial charge in [-0.2, -0.15) is 5.10 Å². The predicted octanol–water partition coefficient (Wildman–Crippen LogP) is 2.75. The monoisotopic (exact) mass is 329 g/mol. The Kier molecular flexibility index (Phi) is 5.73. The molecule has 24 heavy (non-hydrogen) atoms.